The van der Waals surface area contributed by atoms with Gasteiger partial charge in [0, 0.05) is 31.6 Å². The van der Waals surface area contributed by atoms with E-state index in [1.165, 1.54) is 32.7 Å². The summed E-state index contributed by atoms with van der Waals surface area (Å²) in [6.45, 7) is 5.10. The minimum atomic E-state index is 0.748. The lowest BCUT2D eigenvalue weighted by Crippen LogP contribution is -2.57. The lowest BCUT2D eigenvalue weighted by atomic mass is 9.70. The minimum absolute atomic E-state index is 0.748. The van der Waals surface area contributed by atoms with Crippen molar-refractivity contribution in [1.29, 1.82) is 0 Å². The molecule has 1 aromatic rings. The minimum Gasteiger partial charge on any atom is -0.290 e. The van der Waals surface area contributed by atoms with Crippen LogP contribution in [0.1, 0.15) is 29.5 Å². The van der Waals surface area contributed by atoms with Gasteiger partial charge >= 0.3 is 0 Å². The Morgan fingerprint density at radius 1 is 1.07 bits per heavy atom. The van der Waals surface area contributed by atoms with Gasteiger partial charge in [0.05, 0.1) is 6.67 Å². The van der Waals surface area contributed by atoms with Crippen molar-refractivity contribution < 1.29 is 0 Å². The Kier molecular flexibility index (Phi) is 1.57. The molecule has 4 atom stereocenters. The maximum atomic E-state index is 2.67. The zero-order valence-corrected chi connectivity index (χ0v) is 8.89. The Morgan fingerprint density at radius 2 is 1.93 bits per heavy atom. The highest BCUT2D eigenvalue weighted by Gasteiger charge is 2.46. The first-order chi connectivity index (χ1) is 7.43. The van der Waals surface area contributed by atoms with Crippen LogP contribution in [0.4, 0.5) is 0 Å². The standard InChI is InChI=1S/C13H16N2/c1-2-5-11-10(4-1)12-8-14-6-3-7-15(9-14)13(11)12/h1-2,4-5,12-13H,3,6-9H2. The third kappa shape index (κ3) is 1.01. The molecule has 15 heavy (non-hydrogen) atoms. The SMILES string of the molecule is c1ccc2c(c1)C1CN3CCCN(C3)C21. The fourth-order valence-electron chi connectivity index (χ4n) is 3.61. The van der Waals surface area contributed by atoms with Crippen LogP contribution in [0, 0.1) is 0 Å². The molecule has 1 aromatic carbocycles. The molecule has 3 aliphatic rings. The normalized spacial score (nSPS) is 41.3. The fraction of sp³-hybridized carbons (Fsp3) is 0.538. The van der Waals surface area contributed by atoms with Gasteiger partial charge in [-0.1, -0.05) is 24.3 Å². The van der Waals surface area contributed by atoms with E-state index in [4.69, 9.17) is 0 Å². The van der Waals surface area contributed by atoms with Crippen molar-refractivity contribution in [3.05, 3.63) is 35.4 Å². The van der Waals surface area contributed by atoms with Crippen LogP contribution in [0.25, 0.3) is 0 Å². The highest BCUT2D eigenvalue weighted by atomic mass is 15.4. The Bertz CT molecular complexity index is 401. The topological polar surface area (TPSA) is 6.48 Å². The van der Waals surface area contributed by atoms with Crippen LogP contribution in [-0.2, 0) is 0 Å². The van der Waals surface area contributed by atoms with E-state index >= 15 is 0 Å². The second kappa shape index (κ2) is 2.83. The van der Waals surface area contributed by atoms with Crippen LogP contribution in [-0.4, -0.2) is 36.1 Å². The van der Waals surface area contributed by atoms with Gasteiger partial charge in [0.15, 0.2) is 0 Å². The molecule has 1 aliphatic carbocycles. The van der Waals surface area contributed by atoms with Gasteiger partial charge in [-0.2, -0.15) is 0 Å². The monoisotopic (exact) mass is 200 g/mol. The van der Waals surface area contributed by atoms with Crippen LogP contribution in [0.15, 0.2) is 24.3 Å². The molecular weight excluding hydrogens is 184 g/mol. The summed E-state index contributed by atoms with van der Waals surface area (Å²) >= 11 is 0. The van der Waals surface area contributed by atoms with E-state index in [1.807, 2.05) is 0 Å². The van der Waals surface area contributed by atoms with Crippen molar-refractivity contribution >= 4 is 0 Å². The van der Waals surface area contributed by atoms with Gasteiger partial charge < -0.3 is 0 Å². The van der Waals surface area contributed by atoms with Gasteiger partial charge in [-0.15, -0.1) is 0 Å². The lowest BCUT2D eigenvalue weighted by Gasteiger charge is -2.55. The summed E-state index contributed by atoms with van der Waals surface area (Å²) in [6.07, 6.45) is 1.35. The Morgan fingerprint density at radius 3 is 2.87 bits per heavy atom. The van der Waals surface area contributed by atoms with Crippen molar-refractivity contribution in [3.8, 4) is 0 Å². The average Bonchev–Trinajstić information content (AvgIpc) is 2.26. The van der Waals surface area contributed by atoms with Gasteiger partial charge in [-0.05, 0) is 17.5 Å². The van der Waals surface area contributed by atoms with Gasteiger partial charge in [0.2, 0.25) is 0 Å². The Balaban J connectivity index is 1.77. The second-order valence-electron chi connectivity index (χ2n) is 5.06. The van der Waals surface area contributed by atoms with Gasteiger partial charge in [-0.25, -0.2) is 0 Å². The van der Waals surface area contributed by atoms with E-state index in [-0.39, 0.29) is 0 Å². The van der Waals surface area contributed by atoms with E-state index in [2.05, 4.69) is 34.1 Å². The van der Waals surface area contributed by atoms with Crippen molar-refractivity contribution in [3.63, 3.8) is 0 Å². The quantitative estimate of drug-likeness (QED) is 0.630. The summed E-state index contributed by atoms with van der Waals surface area (Å²) in [5.41, 5.74) is 3.21. The molecule has 2 saturated heterocycles. The van der Waals surface area contributed by atoms with Crippen molar-refractivity contribution in [1.82, 2.24) is 9.80 Å². The molecule has 0 radical (unpaired) electrons. The first-order valence-electron chi connectivity index (χ1n) is 5.99. The largest absolute Gasteiger partial charge is 0.290 e. The first-order valence-corrected chi connectivity index (χ1v) is 5.99. The zero-order chi connectivity index (χ0) is 9.83. The smallest absolute Gasteiger partial charge is 0.0512 e. The number of nitrogens with zero attached hydrogens (tertiary/aromatic N) is 2. The van der Waals surface area contributed by atoms with E-state index in [1.54, 1.807) is 11.1 Å². The molecular formula is C13H16N2. The average molecular weight is 200 g/mol. The molecule has 0 amide bonds. The molecule has 2 nitrogen and oxygen atoms in total. The number of rotatable bonds is 0. The predicted molar refractivity (Wildman–Crippen MR) is 59.7 cm³/mol. The molecule has 2 heteroatoms. The van der Waals surface area contributed by atoms with Crippen LogP contribution >= 0.6 is 0 Å². The molecule has 2 heterocycles. The molecule has 4 rings (SSSR count). The number of hydrogen-bond donors (Lipinski definition) is 0. The van der Waals surface area contributed by atoms with Crippen LogP contribution < -0.4 is 0 Å². The van der Waals surface area contributed by atoms with Gasteiger partial charge in [0.25, 0.3) is 0 Å². The van der Waals surface area contributed by atoms with Gasteiger partial charge in [0.1, 0.15) is 0 Å². The third-order valence-corrected chi connectivity index (χ3v) is 4.24. The predicted octanol–water partition coefficient (Wildman–Crippen LogP) is 1.80. The van der Waals surface area contributed by atoms with E-state index < -0.39 is 0 Å². The van der Waals surface area contributed by atoms with Crippen LogP contribution in [0.5, 0.6) is 0 Å². The van der Waals surface area contributed by atoms with Crippen LogP contribution in [0.2, 0.25) is 0 Å². The maximum Gasteiger partial charge on any atom is 0.0512 e. The highest BCUT2D eigenvalue weighted by molar-refractivity contribution is 5.45. The summed E-state index contributed by atoms with van der Waals surface area (Å²) in [5, 5.41) is 0. The molecule has 0 saturated carbocycles. The molecule has 2 fully saturated rings. The Hall–Kier alpha value is -0.860. The first kappa shape index (κ1) is 8.31. The molecule has 0 spiro atoms. The number of benzene rings is 1. The van der Waals surface area contributed by atoms with E-state index in [0.29, 0.717) is 0 Å². The molecule has 0 N–H and O–H groups in total. The molecule has 2 bridgehead atoms. The molecule has 78 valence electrons. The summed E-state index contributed by atoms with van der Waals surface area (Å²) < 4.78 is 0. The molecule has 0 aromatic heterocycles. The lowest BCUT2D eigenvalue weighted by molar-refractivity contribution is -0.0266. The van der Waals surface area contributed by atoms with Crippen LogP contribution in [0.3, 0.4) is 0 Å². The molecule has 2 aliphatic heterocycles. The summed E-state index contributed by atoms with van der Waals surface area (Å²) in [5.74, 6) is 0.801. The summed E-state index contributed by atoms with van der Waals surface area (Å²) in [6, 6.07) is 9.76. The van der Waals surface area contributed by atoms with Crippen molar-refractivity contribution in [2.75, 3.05) is 26.3 Å². The fourth-order valence-corrected chi connectivity index (χ4v) is 3.61. The maximum absolute atomic E-state index is 2.67. The summed E-state index contributed by atoms with van der Waals surface area (Å²) in [7, 11) is 0. The van der Waals surface area contributed by atoms with Crippen molar-refractivity contribution in [2.24, 2.45) is 0 Å². The van der Waals surface area contributed by atoms with Gasteiger partial charge in [-0.3, -0.25) is 9.80 Å². The number of fused-ring (bicyclic) bond motifs is 7. The highest BCUT2D eigenvalue weighted by Crippen LogP contribution is 2.51. The molecule has 4 unspecified atom stereocenters. The number of hydrogen-bond acceptors (Lipinski definition) is 2. The van der Waals surface area contributed by atoms with Crippen molar-refractivity contribution in [2.45, 2.75) is 18.4 Å². The Labute approximate surface area is 90.5 Å². The summed E-state index contributed by atoms with van der Waals surface area (Å²) in [4.78, 5) is 5.28. The zero-order valence-electron chi connectivity index (χ0n) is 8.89. The van der Waals surface area contributed by atoms with E-state index in [9.17, 15) is 0 Å². The van der Waals surface area contributed by atoms with E-state index in [0.717, 1.165) is 12.0 Å². The second-order valence-corrected chi connectivity index (χ2v) is 5.06. The third-order valence-electron chi connectivity index (χ3n) is 4.24.